The molecule has 0 saturated heterocycles. The zero-order valence-electron chi connectivity index (χ0n) is 18.8. The summed E-state index contributed by atoms with van der Waals surface area (Å²) in [5, 5.41) is 2.85. The summed E-state index contributed by atoms with van der Waals surface area (Å²) >= 11 is 0. The third-order valence-electron chi connectivity index (χ3n) is 5.50. The van der Waals surface area contributed by atoms with Crippen molar-refractivity contribution in [2.45, 2.75) is 39.3 Å². The van der Waals surface area contributed by atoms with Crippen LogP contribution in [0.1, 0.15) is 43.1 Å². The molecule has 1 aliphatic rings. The first-order valence-corrected chi connectivity index (χ1v) is 10.9. The van der Waals surface area contributed by atoms with Gasteiger partial charge in [0.15, 0.2) is 0 Å². The minimum Gasteiger partial charge on any atom is -0.466 e. The molecule has 0 bridgehead atoms. The van der Waals surface area contributed by atoms with Crippen LogP contribution in [-0.4, -0.2) is 32.1 Å². The number of ether oxygens (including phenoxy) is 1. The fraction of sp³-hybridized carbons (Fsp3) is 0.333. The Hall–Kier alpha value is -3.69. The predicted octanol–water partition coefficient (Wildman–Crippen LogP) is 5.48. The van der Waals surface area contributed by atoms with Gasteiger partial charge in [-0.15, -0.1) is 0 Å². The van der Waals surface area contributed by atoms with Crippen molar-refractivity contribution in [3.63, 3.8) is 0 Å². The van der Waals surface area contributed by atoms with Crippen molar-refractivity contribution in [3.05, 3.63) is 66.0 Å². The number of carbonyl (C=O) groups is 1. The van der Waals surface area contributed by atoms with E-state index in [1.165, 1.54) is 0 Å². The lowest BCUT2D eigenvalue weighted by atomic mass is 9.88. The van der Waals surface area contributed by atoms with Gasteiger partial charge in [0.2, 0.25) is 5.95 Å². The molecule has 1 N–H and O–H groups in total. The molecule has 34 heavy (non-hydrogen) atoms. The summed E-state index contributed by atoms with van der Waals surface area (Å²) in [5.74, 6) is -0.414. The summed E-state index contributed by atoms with van der Waals surface area (Å²) in [6, 6.07) is 6.35. The van der Waals surface area contributed by atoms with E-state index in [0.29, 0.717) is 25.1 Å². The van der Waals surface area contributed by atoms with Gasteiger partial charge in [0.25, 0.3) is 0 Å². The topological polar surface area (TPSA) is 81.9 Å². The molecule has 0 amide bonds. The molecule has 10 heteroatoms. The monoisotopic (exact) mass is 471 g/mol. The number of hydrogen-bond acceptors (Lipinski definition) is 6. The number of hydrogen-bond donors (Lipinski definition) is 1. The number of alkyl halides is 3. The van der Waals surface area contributed by atoms with Gasteiger partial charge in [-0.05, 0) is 68.5 Å². The second-order valence-electron chi connectivity index (χ2n) is 8.06. The summed E-state index contributed by atoms with van der Waals surface area (Å²) in [7, 11) is 0. The normalized spacial score (nSPS) is 16.1. The van der Waals surface area contributed by atoms with Gasteiger partial charge in [0.05, 0.1) is 24.5 Å². The maximum absolute atomic E-state index is 13.0. The molecule has 1 atom stereocenters. The summed E-state index contributed by atoms with van der Waals surface area (Å²) in [5.41, 5.74) is 3.12. The van der Waals surface area contributed by atoms with Gasteiger partial charge >= 0.3 is 12.1 Å². The number of aryl methyl sites for hydroxylation is 1. The number of esters is 1. The molecule has 0 spiro atoms. The first-order chi connectivity index (χ1) is 16.2. The highest BCUT2D eigenvalue weighted by molar-refractivity contribution is 5.75. The minimum absolute atomic E-state index is 0.116. The molecule has 2 heterocycles. The van der Waals surface area contributed by atoms with E-state index in [2.05, 4.69) is 20.3 Å². The van der Waals surface area contributed by atoms with Crippen LogP contribution in [0.4, 0.5) is 24.8 Å². The number of carbonyl (C=O) groups excluding carboxylic acids is 1. The van der Waals surface area contributed by atoms with Crippen LogP contribution in [0.5, 0.6) is 0 Å². The number of imidazole rings is 1. The van der Waals surface area contributed by atoms with Crippen molar-refractivity contribution in [2.75, 3.05) is 11.9 Å². The minimum atomic E-state index is -4.55. The first-order valence-electron chi connectivity index (χ1n) is 10.9. The van der Waals surface area contributed by atoms with Gasteiger partial charge in [0.1, 0.15) is 5.69 Å². The van der Waals surface area contributed by atoms with Gasteiger partial charge in [-0.3, -0.25) is 4.79 Å². The van der Waals surface area contributed by atoms with Crippen molar-refractivity contribution in [3.8, 4) is 5.69 Å². The maximum Gasteiger partial charge on any atom is 0.433 e. The number of halogens is 3. The molecular formula is C24H24F3N5O2. The first kappa shape index (κ1) is 23.5. The van der Waals surface area contributed by atoms with Crippen LogP contribution in [0.25, 0.3) is 11.3 Å². The molecule has 1 aromatic carbocycles. The molecule has 4 rings (SSSR count). The van der Waals surface area contributed by atoms with Gasteiger partial charge in [-0.1, -0.05) is 6.08 Å². The third-order valence-corrected chi connectivity index (χ3v) is 5.50. The second-order valence-corrected chi connectivity index (χ2v) is 8.06. The Balaban J connectivity index is 1.52. The second kappa shape index (κ2) is 9.66. The molecular weight excluding hydrogens is 447 g/mol. The average molecular weight is 471 g/mol. The van der Waals surface area contributed by atoms with E-state index in [1.54, 1.807) is 25.4 Å². The lowest BCUT2D eigenvalue weighted by Crippen LogP contribution is -2.19. The quantitative estimate of drug-likeness (QED) is 0.480. The lowest BCUT2D eigenvalue weighted by Gasteiger charge is -2.19. The SMILES string of the molecule is CCOC(=O)C1CC=C(c2cn(-c3cc(C)cc(Nc4nccc(C(F)(F)F)n4)c3)cn2)CC1. The van der Waals surface area contributed by atoms with E-state index < -0.39 is 11.9 Å². The maximum atomic E-state index is 13.0. The van der Waals surface area contributed by atoms with Crippen LogP contribution in [0.2, 0.25) is 0 Å². The fourth-order valence-corrected chi connectivity index (χ4v) is 3.86. The zero-order chi connectivity index (χ0) is 24.3. The van der Waals surface area contributed by atoms with Crippen molar-refractivity contribution < 1.29 is 22.7 Å². The highest BCUT2D eigenvalue weighted by Gasteiger charge is 2.32. The van der Waals surface area contributed by atoms with Crippen LogP contribution in [0.3, 0.4) is 0 Å². The molecule has 0 fully saturated rings. The zero-order valence-corrected chi connectivity index (χ0v) is 18.8. The van der Waals surface area contributed by atoms with E-state index in [-0.39, 0.29) is 17.8 Å². The van der Waals surface area contributed by atoms with E-state index >= 15 is 0 Å². The molecule has 0 aliphatic heterocycles. The molecule has 3 aromatic rings. The summed E-state index contributed by atoms with van der Waals surface area (Å²) in [6.07, 6.45) is 4.21. The Kier molecular flexibility index (Phi) is 6.67. The number of rotatable bonds is 6. The van der Waals surface area contributed by atoms with Gasteiger partial charge in [-0.25, -0.2) is 15.0 Å². The molecule has 0 saturated carbocycles. The van der Waals surface area contributed by atoms with Crippen LogP contribution >= 0.6 is 0 Å². The van der Waals surface area contributed by atoms with Crippen molar-refractivity contribution in [1.82, 2.24) is 19.5 Å². The predicted molar refractivity (Wildman–Crippen MR) is 121 cm³/mol. The molecule has 0 radical (unpaired) electrons. The van der Waals surface area contributed by atoms with Crippen molar-refractivity contribution >= 4 is 23.2 Å². The third kappa shape index (κ3) is 5.44. The highest BCUT2D eigenvalue weighted by Crippen LogP contribution is 2.31. The number of aromatic nitrogens is 4. The van der Waals surface area contributed by atoms with Gasteiger partial charge < -0.3 is 14.6 Å². The van der Waals surface area contributed by atoms with Crippen molar-refractivity contribution in [2.24, 2.45) is 5.92 Å². The standard InChI is InChI=1S/C24H24F3N5O2/c1-3-34-22(33)17-6-4-16(5-7-17)20-13-32(14-29-20)19-11-15(2)10-18(12-19)30-23-28-9-8-21(31-23)24(25,26)27/h4,8-14,17H,3,5-7H2,1-2H3,(H,28,30,31). The van der Waals surface area contributed by atoms with Crippen LogP contribution < -0.4 is 5.32 Å². The lowest BCUT2D eigenvalue weighted by molar-refractivity contribution is -0.148. The molecule has 178 valence electrons. The van der Waals surface area contributed by atoms with E-state index in [0.717, 1.165) is 41.2 Å². The Morgan fingerprint density at radius 1 is 1.26 bits per heavy atom. The van der Waals surface area contributed by atoms with E-state index in [1.807, 2.05) is 29.8 Å². The van der Waals surface area contributed by atoms with Gasteiger partial charge in [-0.2, -0.15) is 13.2 Å². The molecule has 7 nitrogen and oxygen atoms in total. The summed E-state index contributed by atoms with van der Waals surface area (Å²) < 4.78 is 45.8. The average Bonchev–Trinajstić information content (AvgIpc) is 3.29. The Morgan fingerprint density at radius 2 is 2.09 bits per heavy atom. The summed E-state index contributed by atoms with van der Waals surface area (Å²) in [4.78, 5) is 23.9. The largest absolute Gasteiger partial charge is 0.466 e. The number of anilines is 2. The smallest absolute Gasteiger partial charge is 0.433 e. The molecule has 1 aliphatic carbocycles. The summed E-state index contributed by atoms with van der Waals surface area (Å²) in [6.45, 7) is 4.07. The van der Waals surface area contributed by atoms with Crippen LogP contribution in [0, 0.1) is 12.8 Å². The van der Waals surface area contributed by atoms with Crippen molar-refractivity contribution in [1.29, 1.82) is 0 Å². The number of nitrogens with zero attached hydrogens (tertiary/aromatic N) is 4. The number of allylic oxidation sites excluding steroid dienone is 2. The Labute approximate surface area is 194 Å². The van der Waals surface area contributed by atoms with Crippen LogP contribution in [-0.2, 0) is 15.7 Å². The number of nitrogens with one attached hydrogen (secondary N) is 1. The fourth-order valence-electron chi connectivity index (χ4n) is 3.86. The highest BCUT2D eigenvalue weighted by atomic mass is 19.4. The van der Waals surface area contributed by atoms with Crippen LogP contribution in [0.15, 0.2) is 49.1 Å². The number of benzene rings is 1. The molecule has 2 aromatic heterocycles. The van der Waals surface area contributed by atoms with E-state index in [4.69, 9.17) is 4.74 Å². The van der Waals surface area contributed by atoms with E-state index in [9.17, 15) is 18.0 Å². The van der Waals surface area contributed by atoms with Gasteiger partial charge in [0, 0.05) is 23.8 Å². The Bertz CT molecular complexity index is 1220. The Morgan fingerprint density at radius 3 is 2.79 bits per heavy atom. The molecule has 1 unspecified atom stereocenters.